The number of thiazole rings is 1. The van der Waals surface area contributed by atoms with E-state index in [0.717, 1.165) is 6.20 Å². The van der Waals surface area contributed by atoms with Crippen LogP contribution in [0.3, 0.4) is 0 Å². The van der Waals surface area contributed by atoms with Gasteiger partial charge in [-0.2, -0.15) is 13.2 Å². The molecule has 0 radical (unpaired) electrons. The molecule has 17 heavy (non-hydrogen) atoms. The summed E-state index contributed by atoms with van der Waals surface area (Å²) in [5, 5.41) is 8.92. The molecule has 9 heteroatoms. The van der Waals surface area contributed by atoms with E-state index < -0.39 is 32.4 Å². The second kappa shape index (κ2) is 3.66. The molecule has 0 aromatic carbocycles. The molecule has 0 amide bonds. The Hall–Kier alpha value is -0.670. The van der Waals surface area contributed by atoms with Crippen molar-refractivity contribution in [2.45, 2.75) is 18.2 Å². The molecule has 2 heterocycles. The van der Waals surface area contributed by atoms with Crippen LogP contribution in [0.2, 0.25) is 0 Å². The van der Waals surface area contributed by atoms with E-state index in [9.17, 15) is 26.7 Å². The van der Waals surface area contributed by atoms with Gasteiger partial charge in [-0.1, -0.05) is 0 Å². The summed E-state index contributed by atoms with van der Waals surface area (Å²) in [4.78, 5) is 3.11. The minimum Gasteiger partial charge on any atom is -0.383 e. The van der Waals surface area contributed by atoms with Gasteiger partial charge in [0, 0.05) is 6.20 Å². The van der Waals surface area contributed by atoms with E-state index in [-0.39, 0.29) is 28.4 Å². The number of nitrogens with zero attached hydrogens (tertiary/aromatic N) is 1. The fraction of sp³-hybridized carbons (Fsp3) is 0.625. The maximum atomic E-state index is 12.3. The molecule has 1 fully saturated rings. The van der Waals surface area contributed by atoms with Gasteiger partial charge in [0.1, 0.15) is 5.60 Å². The van der Waals surface area contributed by atoms with Crippen LogP contribution in [-0.4, -0.2) is 30.0 Å². The minimum atomic E-state index is -4.57. The van der Waals surface area contributed by atoms with Crippen molar-refractivity contribution in [1.82, 2.24) is 4.98 Å². The van der Waals surface area contributed by atoms with Crippen molar-refractivity contribution in [3.8, 4) is 0 Å². The molecule has 0 spiro atoms. The number of alkyl halides is 3. The largest absolute Gasteiger partial charge is 0.443 e. The number of rotatable bonds is 1. The summed E-state index contributed by atoms with van der Waals surface area (Å²) >= 11 is 0.286. The van der Waals surface area contributed by atoms with Gasteiger partial charge in [-0.25, -0.2) is 13.4 Å². The van der Waals surface area contributed by atoms with Crippen LogP contribution in [0, 0.1) is 0 Å². The summed E-state index contributed by atoms with van der Waals surface area (Å²) in [6.45, 7) is 0. The normalized spacial score (nSPS) is 28.5. The van der Waals surface area contributed by atoms with Crippen molar-refractivity contribution in [3.05, 3.63) is 16.1 Å². The van der Waals surface area contributed by atoms with E-state index in [4.69, 9.17) is 0 Å². The molecular weight excluding hydrogens is 279 g/mol. The van der Waals surface area contributed by atoms with Crippen LogP contribution in [0.25, 0.3) is 0 Å². The maximum Gasteiger partial charge on any atom is 0.443 e. The summed E-state index contributed by atoms with van der Waals surface area (Å²) in [7, 11) is -3.38. The first-order valence-corrected chi connectivity index (χ1v) is 7.22. The Morgan fingerprint density at radius 2 is 2.12 bits per heavy atom. The van der Waals surface area contributed by atoms with Gasteiger partial charge in [0.05, 0.1) is 16.4 Å². The lowest BCUT2D eigenvalue weighted by Gasteiger charge is -2.17. The zero-order valence-corrected chi connectivity index (χ0v) is 9.99. The number of sulfone groups is 1. The number of aromatic nitrogens is 1. The SMILES string of the molecule is O=S1(=O)CCC(O)(c2cnc(C(F)(F)F)s2)C1. The molecule has 2 rings (SSSR count). The predicted octanol–water partition coefficient (Wildman–Crippen LogP) is 1.17. The first-order chi connectivity index (χ1) is 7.62. The monoisotopic (exact) mass is 287 g/mol. The molecule has 1 saturated heterocycles. The molecule has 0 saturated carbocycles. The van der Waals surface area contributed by atoms with E-state index in [0.29, 0.717) is 0 Å². The van der Waals surface area contributed by atoms with Gasteiger partial charge in [0.2, 0.25) is 0 Å². The Bertz CT molecular complexity index is 536. The third kappa shape index (κ3) is 2.45. The lowest BCUT2D eigenvalue weighted by molar-refractivity contribution is -0.137. The average Bonchev–Trinajstić information content (AvgIpc) is 2.70. The van der Waals surface area contributed by atoms with Gasteiger partial charge in [-0.3, -0.25) is 0 Å². The highest BCUT2D eigenvalue weighted by Crippen LogP contribution is 2.40. The first kappa shape index (κ1) is 12.8. The quantitative estimate of drug-likeness (QED) is 0.842. The van der Waals surface area contributed by atoms with Gasteiger partial charge in [0.15, 0.2) is 14.8 Å². The fourth-order valence-corrected chi connectivity index (χ4v) is 4.46. The molecule has 1 aromatic rings. The smallest absolute Gasteiger partial charge is 0.383 e. The number of halogens is 3. The van der Waals surface area contributed by atoms with E-state index in [1.54, 1.807) is 0 Å². The zero-order valence-electron chi connectivity index (χ0n) is 8.36. The summed E-state index contributed by atoms with van der Waals surface area (Å²) in [6.07, 6.45) is -3.76. The molecule has 1 aromatic heterocycles. The Kier molecular flexibility index (Phi) is 2.75. The summed E-state index contributed by atoms with van der Waals surface area (Å²) < 4.78 is 59.4. The van der Waals surface area contributed by atoms with Gasteiger partial charge in [-0.05, 0) is 6.42 Å². The minimum absolute atomic E-state index is 0.0501. The van der Waals surface area contributed by atoms with E-state index in [1.165, 1.54) is 0 Å². The van der Waals surface area contributed by atoms with Crippen LogP contribution in [0.5, 0.6) is 0 Å². The molecule has 1 aliphatic rings. The Labute approximate surface area is 99.0 Å². The van der Waals surface area contributed by atoms with Crippen LogP contribution in [0.1, 0.15) is 16.3 Å². The molecule has 4 nitrogen and oxygen atoms in total. The maximum absolute atomic E-state index is 12.3. The predicted molar refractivity (Wildman–Crippen MR) is 54.3 cm³/mol. The van der Waals surface area contributed by atoms with Crippen LogP contribution in [-0.2, 0) is 21.6 Å². The third-order valence-electron chi connectivity index (χ3n) is 2.49. The van der Waals surface area contributed by atoms with E-state index >= 15 is 0 Å². The number of hydrogen-bond acceptors (Lipinski definition) is 5. The van der Waals surface area contributed by atoms with Crippen LogP contribution >= 0.6 is 11.3 Å². The van der Waals surface area contributed by atoms with Crippen LogP contribution in [0.4, 0.5) is 13.2 Å². The van der Waals surface area contributed by atoms with Gasteiger partial charge < -0.3 is 5.11 Å². The lowest BCUT2D eigenvalue weighted by Crippen LogP contribution is -2.25. The third-order valence-corrected chi connectivity index (χ3v) is 5.47. The van der Waals surface area contributed by atoms with Crippen molar-refractivity contribution in [2.24, 2.45) is 0 Å². The lowest BCUT2D eigenvalue weighted by atomic mass is 10.0. The molecular formula is C8H8F3NO3S2. The number of hydrogen-bond donors (Lipinski definition) is 1. The van der Waals surface area contributed by atoms with Crippen molar-refractivity contribution < 1.29 is 26.7 Å². The molecule has 0 aliphatic carbocycles. The Morgan fingerprint density at radius 3 is 2.53 bits per heavy atom. The molecule has 1 atom stereocenters. The molecule has 1 N–H and O–H groups in total. The van der Waals surface area contributed by atoms with Crippen molar-refractivity contribution in [2.75, 3.05) is 11.5 Å². The van der Waals surface area contributed by atoms with Crippen LogP contribution in [0.15, 0.2) is 6.20 Å². The summed E-state index contributed by atoms with van der Waals surface area (Å²) in [6, 6.07) is 0. The summed E-state index contributed by atoms with van der Waals surface area (Å²) in [5.74, 6) is -0.762. The molecule has 96 valence electrons. The van der Waals surface area contributed by atoms with Crippen LogP contribution < -0.4 is 0 Å². The topological polar surface area (TPSA) is 67.3 Å². The van der Waals surface area contributed by atoms with Crippen molar-refractivity contribution in [1.29, 1.82) is 0 Å². The highest BCUT2D eigenvalue weighted by Gasteiger charge is 2.45. The highest BCUT2D eigenvalue weighted by molar-refractivity contribution is 7.91. The van der Waals surface area contributed by atoms with E-state index in [2.05, 4.69) is 4.98 Å². The van der Waals surface area contributed by atoms with Gasteiger partial charge in [0.25, 0.3) is 0 Å². The Balaban J connectivity index is 2.33. The Morgan fingerprint density at radius 1 is 1.47 bits per heavy atom. The zero-order chi connectivity index (χ0) is 12.9. The summed E-state index contributed by atoms with van der Waals surface area (Å²) in [5.41, 5.74) is -1.72. The standard InChI is InChI=1S/C8H8F3NO3S2/c9-8(10,11)6-12-3-5(16-6)7(13)1-2-17(14,15)4-7/h3,13H,1-2,4H2. The first-order valence-electron chi connectivity index (χ1n) is 4.59. The fourth-order valence-electron chi connectivity index (χ4n) is 1.65. The second-order valence-electron chi connectivity index (χ2n) is 3.90. The highest BCUT2D eigenvalue weighted by atomic mass is 32.2. The van der Waals surface area contributed by atoms with Crippen molar-refractivity contribution >= 4 is 21.2 Å². The van der Waals surface area contributed by atoms with Gasteiger partial charge >= 0.3 is 6.18 Å². The van der Waals surface area contributed by atoms with E-state index in [1.807, 2.05) is 0 Å². The van der Waals surface area contributed by atoms with Crippen molar-refractivity contribution in [3.63, 3.8) is 0 Å². The molecule has 0 bridgehead atoms. The second-order valence-corrected chi connectivity index (χ2v) is 7.12. The molecule has 1 aliphatic heterocycles. The average molecular weight is 287 g/mol. The van der Waals surface area contributed by atoms with Gasteiger partial charge in [-0.15, -0.1) is 11.3 Å². The molecule has 1 unspecified atom stereocenters. The number of aliphatic hydroxyl groups is 1.